The molecule has 1 heterocycles. The van der Waals surface area contributed by atoms with Crippen LogP contribution in [0, 0.1) is 5.82 Å². The lowest BCUT2D eigenvalue weighted by atomic mass is 10.1. The fraction of sp³-hybridized carbons (Fsp3) is 0.154. The number of fused-ring (bicyclic) bond motifs is 1. The zero-order chi connectivity index (χ0) is 24.9. The maximum absolute atomic E-state index is 13.7. The minimum absolute atomic E-state index is 0.0310. The molecule has 178 valence electrons. The SMILES string of the molecule is COc1ccc(CN2C(=O)c3ccccc3C2=O)cc1C(=O)OCC(=O)NCc1ccccc1F. The van der Waals surface area contributed by atoms with E-state index in [1.54, 1.807) is 36.4 Å². The van der Waals surface area contributed by atoms with Gasteiger partial charge in [0.15, 0.2) is 6.61 Å². The van der Waals surface area contributed by atoms with Crippen LogP contribution in [0.1, 0.15) is 42.2 Å². The van der Waals surface area contributed by atoms with E-state index in [1.165, 1.54) is 37.4 Å². The van der Waals surface area contributed by atoms with Gasteiger partial charge in [-0.25, -0.2) is 9.18 Å². The molecule has 0 bridgehead atoms. The van der Waals surface area contributed by atoms with Gasteiger partial charge in [-0.05, 0) is 35.9 Å². The minimum atomic E-state index is -0.827. The fourth-order valence-electron chi connectivity index (χ4n) is 3.67. The van der Waals surface area contributed by atoms with Gasteiger partial charge in [-0.1, -0.05) is 36.4 Å². The number of amides is 3. The molecule has 0 saturated carbocycles. The number of carbonyl (C=O) groups is 4. The molecule has 3 aromatic rings. The van der Waals surface area contributed by atoms with Gasteiger partial charge in [-0.15, -0.1) is 0 Å². The Labute approximate surface area is 200 Å². The average Bonchev–Trinajstić information content (AvgIpc) is 3.11. The summed E-state index contributed by atoms with van der Waals surface area (Å²) < 4.78 is 24.0. The molecule has 0 atom stereocenters. The molecule has 1 aliphatic heterocycles. The third-order valence-corrected chi connectivity index (χ3v) is 5.47. The Morgan fingerprint density at radius 1 is 0.943 bits per heavy atom. The standard InChI is InChI=1S/C26H21FN2O6/c1-34-22-11-10-16(14-29-24(31)18-7-3-4-8-19(18)25(29)32)12-20(22)26(33)35-15-23(30)28-13-17-6-2-5-9-21(17)27/h2-12H,13-15H2,1H3,(H,28,30). The number of ether oxygens (including phenoxy) is 2. The highest BCUT2D eigenvalue weighted by Gasteiger charge is 2.35. The normalized spacial score (nSPS) is 12.3. The Morgan fingerprint density at radius 2 is 1.60 bits per heavy atom. The largest absolute Gasteiger partial charge is 0.496 e. The summed E-state index contributed by atoms with van der Waals surface area (Å²) in [6.45, 7) is -0.693. The highest BCUT2D eigenvalue weighted by molar-refractivity contribution is 6.21. The summed E-state index contributed by atoms with van der Waals surface area (Å²) in [5, 5.41) is 2.48. The van der Waals surface area contributed by atoms with Gasteiger partial charge >= 0.3 is 5.97 Å². The van der Waals surface area contributed by atoms with E-state index in [4.69, 9.17) is 9.47 Å². The third-order valence-electron chi connectivity index (χ3n) is 5.47. The van der Waals surface area contributed by atoms with Crippen molar-refractivity contribution in [3.05, 3.63) is 100 Å². The molecular formula is C26H21FN2O6. The Bertz CT molecular complexity index is 1290. The summed E-state index contributed by atoms with van der Waals surface area (Å²) >= 11 is 0. The van der Waals surface area contributed by atoms with E-state index in [-0.39, 0.29) is 24.4 Å². The molecule has 8 nitrogen and oxygen atoms in total. The van der Waals surface area contributed by atoms with Gasteiger partial charge in [-0.3, -0.25) is 19.3 Å². The van der Waals surface area contributed by atoms with Crippen LogP contribution in [0.25, 0.3) is 0 Å². The molecule has 1 aliphatic rings. The van der Waals surface area contributed by atoms with Crippen LogP contribution < -0.4 is 10.1 Å². The van der Waals surface area contributed by atoms with Gasteiger partial charge < -0.3 is 14.8 Å². The summed E-state index contributed by atoms with van der Waals surface area (Å²) in [6.07, 6.45) is 0. The molecule has 0 saturated heterocycles. The molecule has 0 radical (unpaired) electrons. The molecule has 0 fully saturated rings. The summed E-state index contributed by atoms with van der Waals surface area (Å²) in [5.74, 6) is -2.53. The number of methoxy groups -OCH3 is 1. The van der Waals surface area contributed by atoms with Crippen molar-refractivity contribution in [3.8, 4) is 5.75 Å². The lowest BCUT2D eigenvalue weighted by molar-refractivity contribution is -0.124. The van der Waals surface area contributed by atoms with E-state index in [1.807, 2.05) is 0 Å². The molecule has 4 rings (SSSR count). The van der Waals surface area contributed by atoms with Crippen molar-refractivity contribution in [2.45, 2.75) is 13.1 Å². The van der Waals surface area contributed by atoms with Crippen LogP contribution in [-0.2, 0) is 22.6 Å². The minimum Gasteiger partial charge on any atom is -0.496 e. The lowest BCUT2D eigenvalue weighted by Crippen LogP contribution is -2.29. The number of rotatable bonds is 8. The second-order valence-electron chi connectivity index (χ2n) is 7.72. The van der Waals surface area contributed by atoms with Crippen molar-refractivity contribution in [2.75, 3.05) is 13.7 Å². The topological polar surface area (TPSA) is 102 Å². The Balaban J connectivity index is 1.41. The molecule has 0 aromatic heterocycles. The number of benzene rings is 3. The smallest absolute Gasteiger partial charge is 0.342 e. The van der Waals surface area contributed by atoms with E-state index < -0.39 is 36.1 Å². The van der Waals surface area contributed by atoms with Gasteiger partial charge in [0.25, 0.3) is 17.7 Å². The second-order valence-corrected chi connectivity index (χ2v) is 7.72. The summed E-state index contributed by atoms with van der Waals surface area (Å²) in [4.78, 5) is 51.1. The first kappa shape index (κ1) is 23.6. The Kier molecular flexibility index (Phi) is 6.86. The van der Waals surface area contributed by atoms with Crippen LogP contribution in [0.4, 0.5) is 4.39 Å². The predicted molar refractivity (Wildman–Crippen MR) is 122 cm³/mol. The lowest BCUT2D eigenvalue weighted by Gasteiger charge is -2.16. The number of esters is 1. The van der Waals surface area contributed by atoms with Crippen molar-refractivity contribution < 1.29 is 33.0 Å². The fourth-order valence-corrected chi connectivity index (χ4v) is 3.67. The second kappa shape index (κ2) is 10.2. The molecular weight excluding hydrogens is 455 g/mol. The van der Waals surface area contributed by atoms with Crippen LogP contribution in [0.3, 0.4) is 0 Å². The number of nitrogens with one attached hydrogen (secondary N) is 1. The van der Waals surface area contributed by atoms with E-state index in [2.05, 4.69) is 5.32 Å². The van der Waals surface area contributed by atoms with Gasteiger partial charge in [0, 0.05) is 12.1 Å². The van der Waals surface area contributed by atoms with Gasteiger partial charge in [0.2, 0.25) is 0 Å². The molecule has 35 heavy (non-hydrogen) atoms. The van der Waals surface area contributed by atoms with Crippen molar-refractivity contribution in [2.24, 2.45) is 0 Å². The monoisotopic (exact) mass is 476 g/mol. The zero-order valence-corrected chi connectivity index (χ0v) is 18.7. The van der Waals surface area contributed by atoms with E-state index in [0.717, 1.165) is 4.90 Å². The first-order valence-electron chi connectivity index (χ1n) is 10.7. The summed E-state index contributed by atoms with van der Waals surface area (Å²) in [6, 6.07) is 17.1. The summed E-state index contributed by atoms with van der Waals surface area (Å²) in [5.41, 5.74) is 1.48. The van der Waals surface area contributed by atoms with E-state index in [9.17, 15) is 23.6 Å². The number of halogens is 1. The molecule has 3 amide bonds. The molecule has 3 aromatic carbocycles. The third kappa shape index (κ3) is 5.03. The number of hydrogen-bond donors (Lipinski definition) is 1. The van der Waals surface area contributed by atoms with Crippen molar-refractivity contribution in [1.29, 1.82) is 0 Å². The van der Waals surface area contributed by atoms with Crippen LogP contribution in [0.2, 0.25) is 0 Å². The number of nitrogens with zero attached hydrogens (tertiary/aromatic N) is 1. The van der Waals surface area contributed by atoms with E-state index >= 15 is 0 Å². The highest BCUT2D eigenvalue weighted by Crippen LogP contribution is 2.26. The first-order chi connectivity index (χ1) is 16.9. The van der Waals surface area contributed by atoms with Crippen LogP contribution in [0.5, 0.6) is 5.75 Å². The Morgan fingerprint density at radius 3 is 2.26 bits per heavy atom. The van der Waals surface area contributed by atoms with Crippen molar-refractivity contribution in [3.63, 3.8) is 0 Å². The van der Waals surface area contributed by atoms with E-state index in [0.29, 0.717) is 22.3 Å². The predicted octanol–water partition coefficient (Wildman–Crippen LogP) is 3.10. The van der Waals surface area contributed by atoms with Crippen LogP contribution in [0.15, 0.2) is 66.7 Å². The number of imide groups is 1. The van der Waals surface area contributed by atoms with Gasteiger partial charge in [0.05, 0.1) is 24.8 Å². The molecule has 0 spiro atoms. The Hall–Kier alpha value is -4.53. The maximum Gasteiger partial charge on any atom is 0.342 e. The highest BCUT2D eigenvalue weighted by atomic mass is 19.1. The summed E-state index contributed by atoms with van der Waals surface area (Å²) in [7, 11) is 1.37. The van der Waals surface area contributed by atoms with Gasteiger partial charge in [-0.2, -0.15) is 0 Å². The van der Waals surface area contributed by atoms with Crippen LogP contribution in [-0.4, -0.2) is 42.3 Å². The first-order valence-corrected chi connectivity index (χ1v) is 10.7. The van der Waals surface area contributed by atoms with Crippen LogP contribution >= 0.6 is 0 Å². The van der Waals surface area contributed by atoms with Crippen molar-refractivity contribution in [1.82, 2.24) is 10.2 Å². The molecule has 1 N–H and O–H groups in total. The molecule has 0 aliphatic carbocycles. The quantitative estimate of drug-likeness (QED) is 0.396. The number of hydrogen-bond acceptors (Lipinski definition) is 6. The maximum atomic E-state index is 13.7. The molecule has 9 heteroatoms. The van der Waals surface area contributed by atoms with Gasteiger partial charge in [0.1, 0.15) is 17.1 Å². The number of carbonyl (C=O) groups excluding carboxylic acids is 4. The molecule has 0 unspecified atom stereocenters. The average molecular weight is 476 g/mol. The van der Waals surface area contributed by atoms with Crippen molar-refractivity contribution >= 4 is 23.7 Å². The zero-order valence-electron chi connectivity index (χ0n) is 18.7.